The van der Waals surface area contributed by atoms with Gasteiger partial charge in [-0.3, -0.25) is 4.79 Å². The minimum absolute atomic E-state index is 0.0316. The predicted octanol–water partition coefficient (Wildman–Crippen LogP) is 1.45. The van der Waals surface area contributed by atoms with E-state index in [9.17, 15) is 23.1 Å². The minimum Gasteiger partial charge on any atom is -0.480 e. The van der Waals surface area contributed by atoms with Crippen LogP contribution in [0.25, 0.3) is 0 Å². The van der Waals surface area contributed by atoms with Crippen LogP contribution < -0.4 is 5.73 Å². The van der Waals surface area contributed by atoms with Gasteiger partial charge in [-0.1, -0.05) is 0 Å². The zero-order valence-electron chi connectivity index (χ0n) is 10.6. The summed E-state index contributed by atoms with van der Waals surface area (Å²) in [4.78, 5) is 13.0. The zero-order valence-corrected chi connectivity index (χ0v) is 10.6. The summed E-state index contributed by atoms with van der Waals surface area (Å²) in [5.74, 6) is -2.35. The summed E-state index contributed by atoms with van der Waals surface area (Å²) in [6.07, 6.45) is -2.49. The number of nitrogens with two attached hydrogens (primary N) is 1. The lowest BCUT2D eigenvalue weighted by atomic mass is 9.91. The smallest absolute Gasteiger partial charge is 0.391 e. The molecule has 110 valence electrons. The number of piperidine rings is 1. The molecule has 7 heteroatoms. The maximum atomic E-state index is 12.5. The van der Waals surface area contributed by atoms with Gasteiger partial charge in [0.2, 0.25) is 0 Å². The molecule has 1 heterocycles. The Hall–Kier alpha value is -0.820. The highest BCUT2D eigenvalue weighted by molar-refractivity contribution is 5.79. The van der Waals surface area contributed by atoms with Crippen molar-refractivity contribution >= 4 is 5.97 Å². The van der Waals surface area contributed by atoms with Crippen LogP contribution in [0.1, 0.15) is 25.7 Å². The van der Waals surface area contributed by atoms with Gasteiger partial charge in [-0.15, -0.1) is 0 Å². The minimum atomic E-state index is -4.14. The summed E-state index contributed by atoms with van der Waals surface area (Å²) in [7, 11) is 0. The molecule has 0 aromatic rings. The van der Waals surface area contributed by atoms with E-state index in [1.54, 1.807) is 4.90 Å². The Balaban J connectivity index is 1.90. The van der Waals surface area contributed by atoms with E-state index in [-0.39, 0.29) is 38.4 Å². The van der Waals surface area contributed by atoms with E-state index in [0.717, 1.165) is 12.8 Å². The van der Waals surface area contributed by atoms with Crippen LogP contribution >= 0.6 is 0 Å². The first kappa shape index (κ1) is 14.6. The lowest BCUT2D eigenvalue weighted by Crippen LogP contribution is -2.59. The van der Waals surface area contributed by atoms with E-state index in [1.165, 1.54) is 0 Å². The van der Waals surface area contributed by atoms with Crippen LogP contribution in [-0.2, 0) is 4.79 Å². The Bertz CT molecular complexity index is 349. The number of carbonyl (C=O) groups is 1. The lowest BCUT2D eigenvalue weighted by molar-refractivity contribution is -0.185. The fourth-order valence-corrected chi connectivity index (χ4v) is 2.76. The van der Waals surface area contributed by atoms with Crippen LogP contribution in [0.3, 0.4) is 0 Å². The van der Waals surface area contributed by atoms with Crippen LogP contribution in [0.5, 0.6) is 0 Å². The number of halogens is 3. The summed E-state index contributed by atoms with van der Waals surface area (Å²) >= 11 is 0. The fourth-order valence-electron chi connectivity index (χ4n) is 2.76. The summed E-state index contributed by atoms with van der Waals surface area (Å²) in [6.45, 7) is 0.684. The number of carboxylic acid groups (broad SMARTS) is 1. The molecule has 0 amide bonds. The van der Waals surface area contributed by atoms with Crippen molar-refractivity contribution in [3.8, 4) is 0 Å². The van der Waals surface area contributed by atoms with E-state index in [0.29, 0.717) is 0 Å². The Morgan fingerprint density at radius 1 is 1.16 bits per heavy atom. The van der Waals surface area contributed by atoms with Crippen molar-refractivity contribution < 1.29 is 23.1 Å². The molecule has 3 N–H and O–H groups in total. The van der Waals surface area contributed by atoms with Crippen molar-refractivity contribution in [3.05, 3.63) is 0 Å². The quantitative estimate of drug-likeness (QED) is 0.818. The third kappa shape index (κ3) is 3.20. The number of alkyl halides is 3. The average molecular weight is 280 g/mol. The van der Waals surface area contributed by atoms with E-state index >= 15 is 0 Å². The SMILES string of the molecule is NC(CN1CCC(C(F)(F)F)CC1)(C(=O)O)C1CC1. The molecule has 2 fully saturated rings. The normalized spacial score (nSPS) is 26.1. The Morgan fingerprint density at radius 2 is 1.68 bits per heavy atom. The first-order chi connectivity index (χ1) is 8.73. The number of carboxylic acids is 1. The summed E-state index contributed by atoms with van der Waals surface area (Å²) < 4.78 is 37.6. The molecule has 1 saturated heterocycles. The molecular formula is C12H19F3N2O2. The molecule has 1 aliphatic heterocycles. The molecule has 0 bridgehead atoms. The third-order valence-electron chi connectivity index (χ3n) is 4.24. The van der Waals surface area contributed by atoms with Crippen molar-refractivity contribution in [2.24, 2.45) is 17.6 Å². The van der Waals surface area contributed by atoms with Gasteiger partial charge < -0.3 is 15.7 Å². The molecule has 1 unspecified atom stereocenters. The van der Waals surface area contributed by atoms with Crippen molar-refractivity contribution in [1.29, 1.82) is 0 Å². The van der Waals surface area contributed by atoms with Gasteiger partial charge in [0.05, 0.1) is 5.92 Å². The number of hydrogen-bond donors (Lipinski definition) is 2. The highest BCUT2D eigenvalue weighted by atomic mass is 19.4. The second-order valence-corrected chi connectivity index (χ2v) is 5.71. The number of hydrogen-bond acceptors (Lipinski definition) is 3. The van der Waals surface area contributed by atoms with Crippen LogP contribution in [-0.4, -0.2) is 47.3 Å². The molecule has 1 atom stereocenters. The predicted molar refractivity (Wildman–Crippen MR) is 62.5 cm³/mol. The van der Waals surface area contributed by atoms with Gasteiger partial charge in [-0.25, -0.2) is 0 Å². The fraction of sp³-hybridized carbons (Fsp3) is 0.917. The number of rotatable bonds is 4. The second kappa shape index (κ2) is 4.94. The molecule has 0 radical (unpaired) electrons. The number of nitrogens with zero attached hydrogens (tertiary/aromatic N) is 1. The molecule has 2 aliphatic rings. The number of aliphatic carboxylic acids is 1. The molecule has 1 aliphatic carbocycles. The molecule has 0 aromatic carbocycles. The van der Waals surface area contributed by atoms with Crippen molar-refractivity contribution in [1.82, 2.24) is 4.90 Å². The standard InChI is InChI=1S/C12H19F3N2O2/c13-12(14,15)9-3-5-17(6-4-9)7-11(16,10(18)19)8-1-2-8/h8-9H,1-7,16H2,(H,18,19). The monoisotopic (exact) mass is 280 g/mol. The molecule has 2 rings (SSSR count). The third-order valence-corrected chi connectivity index (χ3v) is 4.24. The van der Waals surface area contributed by atoms with Crippen LogP contribution in [0.15, 0.2) is 0 Å². The molecular weight excluding hydrogens is 261 g/mol. The van der Waals surface area contributed by atoms with Gasteiger partial charge in [0.25, 0.3) is 0 Å². The zero-order chi connectivity index (χ0) is 14.3. The lowest BCUT2D eigenvalue weighted by Gasteiger charge is -2.37. The molecule has 19 heavy (non-hydrogen) atoms. The Kier molecular flexibility index (Phi) is 3.79. The maximum absolute atomic E-state index is 12.5. The van der Waals surface area contributed by atoms with Gasteiger partial charge in [0, 0.05) is 6.54 Å². The molecule has 0 spiro atoms. The van der Waals surface area contributed by atoms with Gasteiger partial charge in [-0.2, -0.15) is 13.2 Å². The Morgan fingerprint density at radius 3 is 2.05 bits per heavy atom. The van der Waals surface area contributed by atoms with E-state index < -0.39 is 23.6 Å². The van der Waals surface area contributed by atoms with Gasteiger partial charge in [-0.05, 0) is 44.7 Å². The summed E-state index contributed by atoms with van der Waals surface area (Å²) in [6, 6.07) is 0. The highest BCUT2D eigenvalue weighted by Crippen LogP contribution is 2.40. The van der Waals surface area contributed by atoms with Crippen molar-refractivity contribution in [3.63, 3.8) is 0 Å². The summed E-state index contributed by atoms with van der Waals surface area (Å²) in [5.41, 5.74) is 4.63. The van der Waals surface area contributed by atoms with Crippen LogP contribution in [0, 0.1) is 11.8 Å². The maximum Gasteiger partial charge on any atom is 0.391 e. The molecule has 4 nitrogen and oxygen atoms in total. The second-order valence-electron chi connectivity index (χ2n) is 5.71. The van der Waals surface area contributed by atoms with E-state index in [2.05, 4.69) is 0 Å². The number of likely N-dealkylation sites (tertiary alicyclic amines) is 1. The Labute approximate surface area is 109 Å². The van der Waals surface area contributed by atoms with Gasteiger partial charge in [0.15, 0.2) is 0 Å². The van der Waals surface area contributed by atoms with E-state index in [1.807, 2.05) is 0 Å². The largest absolute Gasteiger partial charge is 0.480 e. The van der Waals surface area contributed by atoms with Crippen molar-refractivity contribution in [2.45, 2.75) is 37.4 Å². The topological polar surface area (TPSA) is 66.6 Å². The first-order valence-electron chi connectivity index (χ1n) is 6.55. The molecule has 0 aromatic heterocycles. The van der Waals surface area contributed by atoms with E-state index in [4.69, 9.17) is 5.73 Å². The highest BCUT2D eigenvalue weighted by Gasteiger charge is 2.50. The summed E-state index contributed by atoms with van der Waals surface area (Å²) in [5, 5.41) is 9.22. The average Bonchev–Trinajstić information content (AvgIpc) is 3.12. The van der Waals surface area contributed by atoms with Crippen molar-refractivity contribution in [2.75, 3.05) is 19.6 Å². The van der Waals surface area contributed by atoms with Gasteiger partial charge in [0.1, 0.15) is 5.54 Å². The molecule has 1 saturated carbocycles. The first-order valence-corrected chi connectivity index (χ1v) is 6.55. The van der Waals surface area contributed by atoms with Gasteiger partial charge >= 0.3 is 12.1 Å². The van der Waals surface area contributed by atoms with Crippen LogP contribution in [0.4, 0.5) is 13.2 Å². The van der Waals surface area contributed by atoms with Crippen LogP contribution in [0.2, 0.25) is 0 Å².